The molecule has 0 aliphatic carbocycles. The van der Waals surface area contributed by atoms with E-state index < -0.39 is 0 Å². The molecule has 0 radical (unpaired) electrons. The zero-order valence-electron chi connectivity index (χ0n) is 18.4. The lowest BCUT2D eigenvalue weighted by molar-refractivity contribution is -0.125. The Morgan fingerprint density at radius 3 is 2.53 bits per heavy atom. The molecule has 1 N–H and O–H groups in total. The molecule has 0 saturated heterocycles. The van der Waals surface area contributed by atoms with Crippen molar-refractivity contribution in [3.8, 4) is 5.75 Å². The average Bonchev–Trinajstić information content (AvgIpc) is 3.12. The van der Waals surface area contributed by atoms with Crippen molar-refractivity contribution in [3.05, 3.63) is 59.9 Å². The zero-order chi connectivity index (χ0) is 21.3. The summed E-state index contributed by atoms with van der Waals surface area (Å²) in [7, 11) is 0. The third-order valence-corrected chi connectivity index (χ3v) is 5.58. The molecule has 0 aliphatic heterocycles. The highest BCUT2D eigenvalue weighted by Crippen LogP contribution is 2.18. The van der Waals surface area contributed by atoms with Gasteiger partial charge in [0, 0.05) is 12.5 Å². The SMILES string of the molecule is CCC(CC)C(=O)NCc1nc2ccccc2n1CCCCOc1ccc(C)cc1. The van der Waals surface area contributed by atoms with Crippen molar-refractivity contribution >= 4 is 16.9 Å². The first-order chi connectivity index (χ1) is 14.6. The predicted molar refractivity (Wildman–Crippen MR) is 122 cm³/mol. The van der Waals surface area contributed by atoms with Gasteiger partial charge in [0.25, 0.3) is 0 Å². The molecule has 5 nitrogen and oxygen atoms in total. The van der Waals surface area contributed by atoms with Crippen LogP contribution in [0.4, 0.5) is 0 Å². The van der Waals surface area contributed by atoms with Crippen molar-refractivity contribution in [1.29, 1.82) is 0 Å². The molecule has 0 unspecified atom stereocenters. The maximum Gasteiger partial charge on any atom is 0.223 e. The van der Waals surface area contributed by atoms with Crippen molar-refractivity contribution < 1.29 is 9.53 Å². The minimum absolute atomic E-state index is 0.0711. The Balaban J connectivity index is 1.58. The number of nitrogens with zero attached hydrogens (tertiary/aromatic N) is 2. The van der Waals surface area contributed by atoms with E-state index in [2.05, 4.69) is 48.9 Å². The van der Waals surface area contributed by atoms with Crippen molar-refractivity contribution in [2.24, 2.45) is 5.92 Å². The van der Waals surface area contributed by atoms with E-state index >= 15 is 0 Å². The van der Waals surface area contributed by atoms with Crippen LogP contribution in [0.1, 0.15) is 50.9 Å². The topological polar surface area (TPSA) is 56.2 Å². The molecular formula is C25H33N3O2. The number of amides is 1. The number of carbonyl (C=O) groups excluding carboxylic acids is 1. The summed E-state index contributed by atoms with van der Waals surface area (Å²) in [5, 5.41) is 3.08. The lowest BCUT2D eigenvalue weighted by atomic mass is 10.0. The van der Waals surface area contributed by atoms with E-state index in [9.17, 15) is 4.79 Å². The van der Waals surface area contributed by atoms with Crippen molar-refractivity contribution in [2.45, 2.75) is 59.5 Å². The number of aromatic nitrogens is 2. The number of para-hydroxylation sites is 2. The summed E-state index contributed by atoms with van der Waals surface area (Å²) in [6.07, 6.45) is 3.67. The number of benzene rings is 2. The molecule has 0 bridgehead atoms. The van der Waals surface area contributed by atoms with Gasteiger partial charge in [0.2, 0.25) is 5.91 Å². The molecule has 1 amide bonds. The Morgan fingerprint density at radius 1 is 1.07 bits per heavy atom. The van der Waals surface area contributed by atoms with E-state index in [1.807, 2.05) is 30.3 Å². The monoisotopic (exact) mass is 407 g/mol. The van der Waals surface area contributed by atoms with Gasteiger partial charge in [-0.25, -0.2) is 4.98 Å². The van der Waals surface area contributed by atoms with Gasteiger partial charge in [-0.3, -0.25) is 4.79 Å². The average molecular weight is 408 g/mol. The van der Waals surface area contributed by atoms with E-state index in [-0.39, 0.29) is 11.8 Å². The molecule has 0 aliphatic rings. The largest absolute Gasteiger partial charge is 0.494 e. The Kier molecular flexibility index (Phi) is 7.89. The molecule has 0 spiro atoms. The van der Waals surface area contributed by atoms with Crippen LogP contribution in [0.2, 0.25) is 0 Å². The summed E-state index contributed by atoms with van der Waals surface area (Å²) >= 11 is 0. The van der Waals surface area contributed by atoms with Crippen LogP contribution >= 0.6 is 0 Å². The van der Waals surface area contributed by atoms with Crippen LogP contribution in [-0.4, -0.2) is 22.1 Å². The van der Waals surface area contributed by atoms with Gasteiger partial charge in [-0.15, -0.1) is 0 Å². The van der Waals surface area contributed by atoms with Gasteiger partial charge in [0.05, 0.1) is 24.2 Å². The highest BCUT2D eigenvalue weighted by molar-refractivity contribution is 5.79. The minimum atomic E-state index is 0.0711. The molecule has 3 rings (SSSR count). The first-order valence-corrected chi connectivity index (χ1v) is 11.0. The van der Waals surface area contributed by atoms with Crippen LogP contribution in [0.25, 0.3) is 11.0 Å². The molecule has 0 fully saturated rings. The van der Waals surface area contributed by atoms with E-state index in [0.717, 1.165) is 54.8 Å². The number of aryl methyl sites for hydroxylation is 2. The van der Waals surface area contributed by atoms with E-state index in [1.54, 1.807) is 0 Å². The summed E-state index contributed by atoms with van der Waals surface area (Å²) in [5.74, 6) is 2.01. The Bertz CT molecular complexity index is 943. The molecule has 30 heavy (non-hydrogen) atoms. The molecular weight excluding hydrogens is 374 g/mol. The summed E-state index contributed by atoms with van der Waals surface area (Å²) in [6, 6.07) is 16.3. The highest BCUT2D eigenvalue weighted by atomic mass is 16.5. The fourth-order valence-electron chi connectivity index (χ4n) is 3.68. The number of rotatable bonds is 11. The lowest BCUT2D eigenvalue weighted by Crippen LogP contribution is -2.30. The number of hydrogen-bond acceptors (Lipinski definition) is 3. The molecule has 5 heteroatoms. The second kappa shape index (κ2) is 10.8. The van der Waals surface area contributed by atoms with Gasteiger partial charge in [-0.2, -0.15) is 0 Å². The van der Waals surface area contributed by atoms with Crippen molar-refractivity contribution in [2.75, 3.05) is 6.61 Å². The van der Waals surface area contributed by atoms with Gasteiger partial charge in [0.1, 0.15) is 11.6 Å². The Morgan fingerprint density at radius 2 is 1.80 bits per heavy atom. The molecule has 160 valence electrons. The molecule has 0 saturated carbocycles. The van der Waals surface area contributed by atoms with Crippen LogP contribution in [0, 0.1) is 12.8 Å². The first-order valence-electron chi connectivity index (χ1n) is 11.0. The lowest BCUT2D eigenvalue weighted by Gasteiger charge is -2.14. The number of unbranched alkanes of at least 4 members (excludes halogenated alkanes) is 1. The standard InChI is InChI=1S/C25H33N3O2/c1-4-20(5-2)25(29)26-18-24-27-22-10-6-7-11-23(22)28(24)16-8-9-17-30-21-14-12-19(3)13-15-21/h6-7,10-15,20H,4-5,8-9,16-18H2,1-3H3,(H,26,29). The number of imidazole rings is 1. The van der Waals surface area contributed by atoms with E-state index in [0.29, 0.717) is 13.2 Å². The van der Waals surface area contributed by atoms with Crippen LogP contribution in [0.3, 0.4) is 0 Å². The maximum absolute atomic E-state index is 12.4. The Hall–Kier alpha value is -2.82. The summed E-state index contributed by atoms with van der Waals surface area (Å²) in [4.78, 5) is 17.2. The second-order valence-corrected chi connectivity index (χ2v) is 7.77. The number of fused-ring (bicyclic) bond motifs is 1. The number of ether oxygens (including phenoxy) is 1. The van der Waals surface area contributed by atoms with Crippen molar-refractivity contribution in [3.63, 3.8) is 0 Å². The third-order valence-electron chi connectivity index (χ3n) is 5.58. The van der Waals surface area contributed by atoms with Crippen LogP contribution < -0.4 is 10.1 Å². The summed E-state index contributed by atoms with van der Waals surface area (Å²) < 4.78 is 8.08. The molecule has 1 heterocycles. The van der Waals surface area contributed by atoms with Crippen LogP contribution in [0.15, 0.2) is 48.5 Å². The van der Waals surface area contributed by atoms with Crippen LogP contribution in [-0.2, 0) is 17.9 Å². The molecule has 2 aromatic carbocycles. The summed E-state index contributed by atoms with van der Waals surface area (Å²) in [6.45, 7) is 8.20. The van der Waals surface area contributed by atoms with Gasteiger partial charge in [0.15, 0.2) is 0 Å². The maximum atomic E-state index is 12.4. The number of nitrogens with one attached hydrogen (secondary N) is 1. The molecule has 3 aromatic rings. The van der Waals surface area contributed by atoms with E-state index in [1.165, 1.54) is 5.56 Å². The van der Waals surface area contributed by atoms with Gasteiger partial charge in [-0.05, 0) is 56.9 Å². The van der Waals surface area contributed by atoms with E-state index in [4.69, 9.17) is 9.72 Å². The fourth-order valence-corrected chi connectivity index (χ4v) is 3.68. The van der Waals surface area contributed by atoms with Crippen LogP contribution in [0.5, 0.6) is 5.75 Å². The van der Waals surface area contributed by atoms with Crippen molar-refractivity contribution in [1.82, 2.24) is 14.9 Å². The van der Waals surface area contributed by atoms with Gasteiger partial charge < -0.3 is 14.6 Å². The number of hydrogen-bond donors (Lipinski definition) is 1. The quantitative estimate of drug-likeness (QED) is 0.441. The number of carbonyl (C=O) groups is 1. The normalized spacial score (nSPS) is 11.2. The third kappa shape index (κ3) is 5.62. The molecule has 1 aromatic heterocycles. The van der Waals surface area contributed by atoms with Gasteiger partial charge in [-0.1, -0.05) is 43.7 Å². The highest BCUT2D eigenvalue weighted by Gasteiger charge is 2.16. The summed E-state index contributed by atoms with van der Waals surface area (Å²) in [5.41, 5.74) is 3.32. The zero-order valence-corrected chi connectivity index (χ0v) is 18.4. The minimum Gasteiger partial charge on any atom is -0.494 e. The first kappa shape index (κ1) is 21.9. The fraction of sp³-hybridized carbons (Fsp3) is 0.440. The Labute approximate surface area is 179 Å². The van der Waals surface area contributed by atoms with Gasteiger partial charge >= 0.3 is 0 Å². The molecule has 0 atom stereocenters. The smallest absolute Gasteiger partial charge is 0.223 e. The second-order valence-electron chi connectivity index (χ2n) is 7.77. The predicted octanol–water partition coefficient (Wildman–Crippen LogP) is 5.26.